The lowest BCUT2D eigenvalue weighted by molar-refractivity contribution is -0.140. The molecule has 0 saturated carbocycles. The Kier molecular flexibility index (Phi) is 11.7. The smallest absolute Gasteiger partial charge is 0.264 e. The fourth-order valence-electron chi connectivity index (χ4n) is 4.79. The van der Waals surface area contributed by atoms with Crippen LogP contribution in [0, 0.1) is 6.92 Å². The van der Waals surface area contributed by atoms with E-state index in [1.165, 1.54) is 17.0 Å². The van der Waals surface area contributed by atoms with Crippen molar-refractivity contribution in [2.75, 3.05) is 10.8 Å². The summed E-state index contributed by atoms with van der Waals surface area (Å²) in [5.41, 5.74) is 2.63. The third-order valence-electron chi connectivity index (χ3n) is 7.56. The van der Waals surface area contributed by atoms with Crippen LogP contribution in [-0.4, -0.2) is 43.8 Å². The van der Waals surface area contributed by atoms with Gasteiger partial charge in [0.15, 0.2) is 0 Å². The van der Waals surface area contributed by atoms with E-state index in [1.807, 2.05) is 51.1 Å². The SMILES string of the molecule is CC[C@@H](C)NC(=O)[C@@H](Cc1ccccc1)N(Cc1ccc(Cl)cc1Cl)C(=O)CN(c1ccccc1)S(=O)(=O)c1ccc(C)cc1. The maximum atomic E-state index is 14.5. The van der Waals surface area contributed by atoms with E-state index in [1.54, 1.807) is 60.7 Å². The van der Waals surface area contributed by atoms with Crippen molar-refractivity contribution < 1.29 is 18.0 Å². The van der Waals surface area contributed by atoms with Crippen LogP contribution in [0.25, 0.3) is 0 Å². The molecule has 45 heavy (non-hydrogen) atoms. The number of nitrogens with one attached hydrogen (secondary N) is 1. The minimum absolute atomic E-state index is 0.0481. The van der Waals surface area contributed by atoms with Crippen molar-refractivity contribution in [3.05, 3.63) is 130 Å². The molecular weight excluding hydrogens is 629 g/mol. The summed E-state index contributed by atoms with van der Waals surface area (Å²) in [6.45, 7) is 5.12. The van der Waals surface area contributed by atoms with E-state index >= 15 is 0 Å². The molecule has 0 bridgehead atoms. The highest BCUT2D eigenvalue weighted by atomic mass is 35.5. The third kappa shape index (κ3) is 8.87. The normalized spacial score (nSPS) is 12.6. The summed E-state index contributed by atoms with van der Waals surface area (Å²) < 4.78 is 29.2. The summed E-state index contributed by atoms with van der Waals surface area (Å²) in [6, 6.07) is 28.1. The Hall–Kier alpha value is -3.85. The first-order valence-corrected chi connectivity index (χ1v) is 16.9. The van der Waals surface area contributed by atoms with Crippen molar-refractivity contribution >= 4 is 50.7 Å². The van der Waals surface area contributed by atoms with Gasteiger partial charge in [0.25, 0.3) is 10.0 Å². The molecule has 0 radical (unpaired) electrons. The molecule has 2 atom stereocenters. The lowest BCUT2D eigenvalue weighted by atomic mass is 10.0. The molecule has 4 rings (SSSR count). The maximum absolute atomic E-state index is 14.5. The number of anilines is 1. The lowest BCUT2D eigenvalue weighted by Crippen LogP contribution is -2.54. The van der Waals surface area contributed by atoms with Crippen LogP contribution in [-0.2, 0) is 32.6 Å². The second kappa shape index (κ2) is 15.4. The quantitative estimate of drug-likeness (QED) is 0.166. The van der Waals surface area contributed by atoms with Crippen LogP contribution in [0.5, 0.6) is 0 Å². The fraction of sp³-hybridized carbons (Fsp3) is 0.257. The molecule has 0 spiro atoms. The van der Waals surface area contributed by atoms with Crippen molar-refractivity contribution in [1.29, 1.82) is 0 Å². The predicted octanol–water partition coefficient (Wildman–Crippen LogP) is 7.05. The summed E-state index contributed by atoms with van der Waals surface area (Å²) in [4.78, 5) is 29.9. The number of amides is 2. The van der Waals surface area contributed by atoms with Gasteiger partial charge in [-0.2, -0.15) is 0 Å². The highest BCUT2D eigenvalue weighted by Crippen LogP contribution is 2.27. The van der Waals surface area contributed by atoms with Gasteiger partial charge in [0.2, 0.25) is 11.8 Å². The Labute approximate surface area is 275 Å². The van der Waals surface area contributed by atoms with E-state index in [9.17, 15) is 18.0 Å². The first-order valence-electron chi connectivity index (χ1n) is 14.7. The molecule has 0 aliphatic rings. The summed E-state index contributed by atoms with van der Waals surface area (Å²) >= 11 is 12.7. The Morgan fingerprint density at radius 2 is 1.49 bits per heavy atom. The molecule has 10 heteroatoms. The van der Waals surface area contributed by atoms with Gasteiger partial charge in [-0.3, -0.25) is 13.9 Å². The minimum Gasteiger partial charge on any atom is -0.352 e. The Morgan fingerprint density at radius 3 is 2.09 bits per heavy atom. The number of halogens is 2. The first kappa shape index (κ1) is 34.0. The molecule has 236 valence electrons. The van der Waals surface area contributed by atoms with Gasteiger partial charge in [-0.05, 0) is 67.8 Å². The Bertz CT molecular complexity index is 1700. The first-order chi connectivity index (χ1) is 21.5. The zero-order valence-corrected chi connectivity index (χ0v) is 27.8. The molecule has 7 nitrogen and oxygen atoms in total. The number of carbonyl (C=O) groups is 2. The number of hydrogen-bond donors (Lipinski definition) is 1. The Morgan fingerprint density at radius 1 is 0.867 bits per heavy atom. The van der Waals surface area contributed by atoms with Crippen molar-refractivity contribution in [2.45, 2.75) is 57.1 Å². The summed E-state index contributed by atoms with van der Waals surface area (Å²) in [5.74, 6) is -0.917. The summed E-state index contributed by atoms with van der Waals surface area (Å²) in [5, 5.41) is 3.78. The molecule has 0 heterocycles. The molecule has 0 unspecified atom stereocenters. The van der Waals surface area contributed by atoms with E-state index < -0.39 is 28.5 Å². The van der Waals surface area contributed by atoms with Crippen molar-refractivity contribution in [2.24, 2.45) is 0 Å². The summed E-state index contributed by atoms with van der Waals surface area (Å²) in [7, 11) is -4.17. The molecule has 0 fully saturated rings. The lowest BCUT2D eigenvalue weighted by Gasteiger charge is -2.34. The number of carbonyl (C=O) groups excluding carboxylic acids is 2. The van der Waals surface area contributed by atoms with E-state index in [4.69, 9.17) is 23.2 Å². The average molecular weight is 667 g/mol. The van der Waals surface area contributed by atoms with Crippen molar-refractivity contribution in [3.8, 4) is 0 Å². The number of hydrogen-bond acceptors (Lipinski definition) is 4. The monoisotopic (exact) mass is 665 g/mol. The molecule has 0 saturated heterocycles. The number of rotatable bonds is 13. The fourth-order valence-corrected chi connectivity index (χ4v) is 6.67. The van der Waals surface area contributed by atoms with Crippen LogP contribution >= 0.6 is 23.2 Å². The predicted molar refractivity (Wildman–Crippen MR) is 181 cm³/mol. The topological polar surface area (TPSA) is 86.8 Å². The molecule has 0 aromatic heterocycles. The molecule has 4 aromatic carbocycles. The van der Waals surface area contributed by atoms with Gasteiger partial charge in [-0.25, -0.2) is 8.42 Å². The number of para-hydroxylation sites is 1. The van der Waals surface area contributed by atoms with Crippen LogP contribution in [0.15, 0.2) is 108 Å². The van der Waals surface area contributed by atoms with Crippen LogP contribution in [0.4, 0.5) is 5.69 Å². The molecular formula is C35H37Cl2N3O4S. The van der Waals surface area contributed by atoms with Crippen molar-refractivity contribution in [3.63, 3.8) is 0 Å². The number of benzene rings is 4. The minimum atomic E-state index is -4.17. The van der Waals surface area contributed by atoms with Gasteiger partial charge in [0.05, 0.1) is 10.6 Å². The van der Waals surface area contributed by atoms with Crippen LogP contribution in [0.1, 0.15) is 37.0 Å². The molecule has 0 aliphatic carbocycles. The molecule has 2 amide bonds. The molecule has 0 aliphatic heterocycles. The van der Waals surface area contributed by atoms with Gasteiger partial charge in [0, 0.05) is 29.1 Å². The molecule has 1 N–H and O–H groups in total. The maximum Gasteiger partial charge on any atom is 0.264 e. The van der Waals surface area contributed by atoms with Gasteiger partial charge >= 0.3 is 0 Å². The highest BCUT2D eigenvalue weighted by molar-refractivity contribution is 7.92. The highest BCUT2D eigenvalue weighted by Gasteiger charge is 2.35. The zero-order chi connectivity index (χ0) is 32.6. The second-order valence-electron chi connectivity index (χ2n) is 10.9. The standard InChI is InChI=1S/C35H37Cl2N3O4S/c1-4-26(3)38-35(42)33(21-27-11-7-5-8-12-27)39(23-28-17-18-29(36)22-32(28)37)34(41)24-40(30-13-9-6-10-14-30)45(43,44)31-19-15-25(2)16-20-31/h5-20,22,26,33H,4,21,23-24H2,1-3H3,(H,38,42)/t26-,33-/m1/s1. The van der Waals surface area contributed by atoms with Crippen LogP contribution < -0.4 is 9.62 Å². The second-order valence-corrected chi connectivity index (χ2v) is 13.6. The average Bonchev–Trinajstić information content (AvgIpc) is 3.03. The zero-order valence-electron chi connectivity index (χ0n) is 25.5. The number of sulfonamides is 1. The van der Waals surface area contributed by atoms with Gasteiger partial charge in [-0.1, -0.05) is 102 Å². The number of nitrogens with zero attached hydrogens (tertiary/aromatic N) is 2. The molecule has 4 aromatic rings. The van der Waals surface area contributed by atoms with Gasteiger partial charge in [-0.15, -0.1) is 0 Å². The largest absolute Gasteiger partial charge is 0.352 e. The van der Waals surface area contributed by atoms with E-state index in [0.717, 1.165) is 15.4 Å². The number of aryl methyl sites for hydroxylation is 1. The summed E-state index contributed by atoms with van der Waals surface area (Å²) in [6.07, 6.45) is 0.896. The van der Waals surface area contributed by atoms with Crippen molar-refractivity contribution in [1.82, 2.24) is 10.2 Å². The van der Waals surface area contributed by atoms with Gasteiger partial charge < -0.3 is 10.2 Å². The van der Waals surface area contributed by atoms with E-state index in [0.29, 0.717) is 27.7 Å². The van der Waals surface area contributed by atoms with E-state index in [-0.39, 0.29) is 29.8 Å². The van der Waals surface area contributed by atoms with Gasteiger partial charge in [0.1, 0.15) is 12.6 Å². The Balaban J connectivity index is 1.81. The third-order valence-corrected chi connectivity index (χ3v) is 9.93. The van der Waals surface area contributed by atoms with Crippen LogP contribution in [0.3, 0.4) is 0 Å². The van der Waals surface area contributed by atoms with Crippen LogP contribution in [0.2, 0.25) is 10.0 Å². The van der Waals surface area contributed by atoms with E-state index in [2.05, 4.69) is 5.32 Å².